The Bertz CT molecular complexity index is 956. The largest absolute Gasteiger partial charge is 0.444 e. The molecule has 2 heterocycles. The van der Waals surface area contributed by atoms with Crippen LogP contribution in [0.4, 0.5) is 4.79 Å². The third kappa shape index (κ3) is 6.14. The number of allylic oxidation sites excluding steroid dienone is 2. The van der Waals surface area contributed by atoms with Gasteiger partial charge in [-0.1, -0.05) is 37.3 Å². The molecule has 5 heteroatoms. The molecule has 1 fully saturated rings. The highest BCUT2D eigenvalue weighted by Gasteiger charge is 2.32. The highest BCUT2D eigenvalue weighted by molar-refractivity contribution is 5.98. The molecule has 0 N–H and O–H groups in total. The second-order valence-corrected chi connectivity index (χ2v) is 10.9. The minimum absolute atomic E-state index is 0.153. The lowest BCUT2D eigenvalue weighted by Gasteiger charge is -2.34. The van der Waals surface area contributed by atoms with E-state index in [1.807, 2.05) is 26.8 Å². The summed E-state index contributed by atoms with van der Waals surface area (Å²) < 4.78 is 5.52. The van der Waals surface area contributed by atoms with Crippen molar-refractivity contribution >= 4 is 11.9 Å². The van der Waals surface area contributed by atoms with E-state index in [9.17, 15) is 9.59 Å². The first-order chi connectivity index (χ1) is 15.7. The summed E-state index contributed by atoms with van der Waals surface area (Å²) >= 11 is 0. The van der Waals surface area contributed by atoms with Crippen molar-refractivity contribution < 1.29 is 14.3 Å². The van der Waals surface area contributed by atoms with E-state index in [0.717, 1.165) is 50.9 Å². The highest BCUT2D eigenvalue weighted by atomic mass is 16.6. The molecule has 1 aromatic rings. The van der Waals surface area contributed by atoms with Gasteiger partial charge in [-0.15, -0.1) is 0 Å². The fourth-order valence-corrected chi connectivity index (χ4v) is 4.97. The van der Waals surface area contributed by atoms with E-state index in [2.05, 4.69) is 42.2 Å². The fraction of sp³-hybridized carbons (Fsp3) is 0.571. The molecule has 1 saturated heterocycles. The molecule has 1 aromatic carbocycles. The van der Waals surface area contributed by atoms with Crippen LogP contribution in [-0.2, 0) is 17.7 Å². The number of likely N-dealkylation sites (tertiary alicyclic amines) is 1. The zero-order chi connectivity index (χ0) is 23.6. The highest BCUT2D eigenvalue weighted by Crippen LogP contribution is 2.27. The van der Waals surface area contributed by atoms with Crippen LogP contribution in [-0.4, -0.2) is 53.5 Å². The lowest BCUT2D eigenvalue weighted by atomic mass is 9.87. The third-order valence-corrected chi connectivity index (χ3v) is 6.82. The van der Waals surface area contributed by atoms with Gasteiger partial charge in [-0.25, -0.2) is 4.79 Å². The number of benzene rings is 1. The molecular weight excluding hydrogens is 412 g/mol. The minimum Gasteiger partial charge on any atom is -0.444 e. The first-order valence-electron chi connectivity index (χ1n) is 12.4. The second-order valence-electron chi connectivity index (χ2n) is 10.9. The van der Waals surface area contributed by atoms with Crippen molar-refractivity contribution in [2.45, 2.75) is 65.5 Å². The van der Waals surface area contributed by atoms with Crippen molar-refractivity contribution in [1.82, 2.24) is 9.80 Å². The molecule has 0 radical (unpaired) electrons. The summed E-state index contributed by atoms with van der Waals surface area (Å²) in [7, 11) is 0. The number of ketones is 1. The predicted octanol–water partition coefficient (Wildman–Crippen LogP) is 5.40. The predicted molar refractivity (Wildman–Crippen MR) is 131 cm³/mol. The van der Waals surface area contributed by atoms with Crippen LogP contribution in [0.3, 0.4) is 0 Å². The molecule has 0 saturated carbocycles. The van der Waals surface area contributed by atoms with Crippen LogP contribution >= 0.6 is 0 Å². The van der Waals surface area contributed by atoms with Crippen molar-refractivity contribution in [3.05, 3.63) is 58.7 Å². The molecule has 1 amide bonds. The summed E-state index contributed by atoms with van der Waals surface area (Å²) in [6.45, 7) is 11.9. The molecule has 33 heavy (non-hydrogen) atoms. The quantitative estimate of drug-likeness (QED) is 0.577. The van der Waals surface area contributed by atoms with E-state index in [1.54, 1.807) is 4.90 Å². The standard InChI is InChI=1S/C28H38N2O3/c1-20-7-9-21(10-8-20)17-29-15-13-22-16-23(11-12-24(22)18-29)26(31)25-6-5-14-30(19-25)27(32)33-28(2,3)4/h7,9-12,16,20,25H,5-6,8,13-15,17-19H2,1-4H3. The van der Waals surface area contributed by atoms with Crippen molar-refractivity contribution in [2.24, 2.45) is 11.8 Å². The van der Waals surface area contributed by atoms with E-state index >= 15 is 0 Å². The van der Waals surface area contributed by atoms with E-state index in [-0.39, 0.29) is 17.8 Å². The van der Waals surface area contributed by atoms with E-state index in [1.165, 1.54) is 16.7 Å². The molecule has 3 aliphatic rings. The fourth-order valence-electron chi connectivity index (χ4n) is 4.97. The van der Waals surface area contributed by atoms with Gasteiger partial charge in [0.2, 0.25) is 0 Å². The molecule has 5 nitrogen and oxygen atoms in total. The average Bonchev–Trinajstić information content (AvgIpc) is 2.79. The number of piperidine rings is 1. The van der Waals surface area contributed by atoms with Crippen molar-refractivity contribution in [2.75, 3.05) is 26.2 Å². The van der Waals surface area contributed by atoms with Crippen LogP contribution in [0.15, 0.2) is 42.0 Å². The first kappa shape index (κ1) is 23.7. The Morgan fingerprint density at radius 3 is 2.70 bits per heavy atom. The zero-order valence-electron chi connectivity index (χ0n) is 20.6. The summed E-state index contributed by atoms with van der Waals surface area (Å²) in [4.78, 5) is 30.0. The van der Waals surface area contributed by atoms with Crippen LogP contribution < -0.4 is 0 Å². The molecule has 0 aromatic heterocycles. The van der Waals surface area contributed by atoms with Gasteiger partial charge >= 0.3 is 6.09 Å². The maximum atomic E-state index is 13.3. The number of carbonyl (C=O) groups is 2. The smallest absolute Gasteiger partial charge is 0.410 e. The number of amides is 1. The summed E-state index contributed by atoms with van der Waals surface area (Å²) in [6, 6.07) is 6.22. The van der Waals surface area contributed by atoms with Gasteiger partial charge in [0.25, 0.3) is 0 Å². The number of hydrogen-bond donors (Lipinski definition) is 0. The van der Waals surface area contributed by atoms with Crippen LogP contribution in [0.5, 0.6) is 0 Å². The second kappa shape index (κ2) is 9.84. The van der Waals surface area contributed by atoms with Gasteiger partial charge < -0.3 is 9.64 Å². The molecule has 0 bridgehead atoms. The topological polar surface area (TPSA) is 49.9 Å². The SMILES string of the molecule is CC1C=CC(CN2CCc3cc(C(=O)C4CCCN(C(=O)OC(C)(C)C)C4)ccc3C2)=CC1. The van der Waals surface area contributed by atoms with Gasteiger partial charge in [0.1, 0.15) is 5.60 Å². The third-order valence-electron chi connectivity index (χ3n) is 6.82. The minimum atomic E-state index is -0.525. The summed E-state index contributed by atoms with van der Waals surface area (Å²) in [6.07, 6.45) is 10.4. The first-order valence-corrected chi connectivity index (χ1v) is 12.4. The lowest BCUT2D eigenvalue weighted by Crippen LogP contribution is -2.44. The number of ether oxygens (including phenoxy) is 1. The molecular formula is C28H38N2O3. The number of fused-ring (bicyclic) bond motifs is 1. The summed E-state index contributed by atoms with van der Waals surface area (Å²) in [5, 5.41) is 0. The Kier molecular flexibility index (Phi) is 7.08. The Labute approximate surface area is 198 Å². The number of nitrogens with zero attached hydrogens (tertiary/aromatic N) is 2. The summed E-state index contributed by atoms with van der Waals surface area (Å²) in [5.74, 6) is 0.643. The van der Waals surface area contributed by atoms with Crippen molar-refractivity contribution in [3.8, 4) is 0 Å². The van der Waals surface area contributed by atoms with E-state index in [0.29, 0.717) is 19.0 Å². The van der Waals surface area contributed by atoms with Gasteiger partial charge in [-0.2, -0.15) is 0 Å². The molecule has 2 atom stereocenters. The number of Topliss-reactive ketones (excluding diaryl/α,β-unsaturated/α-hetero) is 1. The molecule has 4 rings (SSSR count). The molecule has 2 unspecified atom stereocenters. The molecule has 1 aliphatic carbocycles. The normalized spacial score (nSPS) is 23.6. The van der Waals surface area contributed by atoms with Crippen LogP contribution in [0.2, 0.25) is 0 Å². The number of carbonyl (C=O) groups excluding carboxylic acids is 2. The van der Waals surface area contributed by atoms with Crippen molar-refractivity contribution in [3.63, 3.8) is 0 Å². The van der Waals surface area contributed by atoms with E-state index in [4.69, 9.17) is 4.74 Å². The number of rotatable bonds is 4. The van der Waals surface area contributed by atoms with Gasteiger partial charge in [-0.3, -0.25) is 9.69 Å². The number of hydrogen-bond acceptors (Lipinski definition) is 4. The molecule has 0 spiro atoms. The summed E-state index contributed by atoms with van der Waals surface area (Å²) in [5.41, 5.74) is 4.28. The maximum absolute atomic E-state index is 13.3. The Balaban J connectivity index is 1.37. The Morgan fingerprint density at radius 1 is 1.15 bits per heavy atom. The van der Waals surface area contributed by atoms with Crippen molar-refractivity contribution in [1.29, 1.82) is 0 Å². The maximum Gasteiger partial charge on any atom is 0.410 e. The van der Waals surface area contributed by atoms with Crippen LogP contribution in [0.25, 0.3) is 0 Å². The van der Waals surface area contributed by atoms with Gasteiger partial charge in [0.15, 0.2) is 5.78 Å². The van der Waals surface area contributed by atoms with Crippen LogP contribution in [0, 0.1) is 11.8 Å². The lowest BCUT2D eigenvalue weighted by molar-refractivity contribution is 0.0172. The van der Waals surface area contributed by atoms with Gasteiger partial charge in [-0.05, 0) is 75.1 Å². The van der Waals surface area contributed by atoms with Crippen LogP contribution in [0.1, 0.15) is 68.4 Å². The van der Waals surface area contributed by atoms with Gasteiger partial charge in [0, 0.05) is 44.2 Å². The molecule has 178 valence electrons. The van der Waals surface area contributed by atoms with Gasteiger partial charge in [0.05, 0.1) is 0 Å². The average molecular weight is 451 g/mol. The molecule has 2 aliphatic heterocycles. The zero-order valence-corrected chi connectivity index (χ0v) is 20.6. The Hall–Kier alpha value is -2.40. The Morgan fingerprint density at radius 2 is 1.97 bits per heavy atom. The van der Waals surface area contributed by atoms with E-state index < -0.39 is 5.60 Å². The monoisotopic (exact) mass is 450 g/mol.